The van der Waals surface area contributed by atoms with Gasteiger partial charge in [-0.1, -0.05) is 48.5 Å². The van der Waals surface area contributed by atoms with Crippen molar-refractivity contribution < 1.29 is 10.0 Å². The van der Waals surface area contributed by atoms with Gasteiger partial charge in [0.05, 0.1) is 11.0 Å². The fourth-order valence-corrected chi connectivity index (χ4v) is 3.38. The molecule has 0 unspecified atom stereocenters. The molecule has 0 saturated carbocycles. The number of nitro groups is 1. The van der Waals surface area contributed by atoms with Crippen LogP contribution in [0.2, 0.25) is 0 Å². The van der Waals surface area contributed by atoms with Crippen molar-refractivity contribution in [2.24, 2.45) is 0 Å². The van der Waals surface area contributed by atoms with Gasteiger partial charge >= 0.3 is 0 Å². The quantitative estimate of drug-likeness (QED) is 0.548. The molecule has 1 aliphatic carbocycles. The lowest BCUT2D eigenvalue weighted by molar-refractivity contribution is -0.384. The molecule has 0 spiro atoms. The molecule has 5 heteroatoms. The molecular formula is C20H16N2O3. The van der Waals surface area contributed by atoms with E-state index in [-0.39, 0.29) is 11.7 Å². The normalized spacial score (nSPS) is 18.1. The first-order valence-corrected chi connectivity index (χ1v) is 8.02. The number of benzene rings is 3. The second-order valence-corrected chi connectivity index (χ2v) is 6.05. The maximum Gasteiger partial charge on any atom is 0.269 e. The number of aliphatic hydroxyl groups is 1. The molecule has 0 aliphatic heterocycles. The number of nitro benzene ring substituents is 1. The minimum absolute atomic E-state index is 0.0421. The zero-order valence-electron chi connectivity index (χ0n) is 13.3. The highest BCUT2D eigenvalue weighted by atomic mass is 16.6. The van der Waals surface area contributed by atoms with Crippen molar-refractivity contribution in [2.45, 2.75) is 12.1 Å². The van der Waals surface area contributed by atoms with Crippen LogP contribution in [0.3, 0.4) is 0 Å². The van der Waals surface area contributed by atoms with Crippen molar-refractivity contribution in [3.63, 3.8) is 0 Å². The third-order valence-corrected chi connectivity index (χ3v) is 4.58. The number of hydrogen-bond donors (Lipinski definition) is 2. The van der Waals surface area contributed by atoms with E-state index in [1.807, 2.05) is 48.5 Å². The number of nitrogens with zero attached hydrogens (tertiary/aromatic N) is 1. The second kappa shape index (κ2) is 6.03. The van der Waals surface area contributed by atoms with Crippen LogP contribution in [-0.2, 0) is 0 Å². The molecule has 2 N–H and O–H groups in total. The van der Waals surface area contributed by atoms with Gasteiger partial charge in [0.25, 0.3) is 5.69 Å². The predicted octanol–water partition coefficient (Wildman–Crippen LogP) is 4.46. The maximum absolute atomic E-state index is 10.9. The number of anilines is 1. The molecule has 0 amide bonds. The Morgan fingerprint density at radius 1 is 0.840 bits per heavy atom. The molecule has 25 heavy (non-hydrogen) atoms. The second-order valence-electron chi connectivity index (χ2n) is 6.05. The number of fused-ring (bicyclic) bond motifs is 3. The maximum atomic E-state index is 10.9. The van der Waals surface area contributed by atoms with Crippen LogP contribution in [0.5, 0.6) is 0 Å². The highest BCUT2D eigenvalue weighted by Crippen LogP contribution is 2.45. The van der Waals surface area contributed by atoms with Crippen LogP contribution in [-0.4, -0.2) is 10.0 Å². The minimum atomic E-state index is -0.707. The Morgan fingerprint density at radius 3 is 2.04 bits per heavy atom. The van der Waals surface area contributed by atoms with Gasteiger partial charge in [0, 0.05) is 17.8 Å². The van der Waals surface area contributed by atoms with E-state index in [2.05, 4.69) is 5.32 Å². The van der Waals surface area contributed by atoms with Crippen LogP contribution < -0.4 is 5.32 Å². The van der Waals surface area contributed by atoms with Gasteiger partial charge in [0.1, 0.15) is 6.10 Å². The van der Waals surface area contributed by atoms with Crippen molar-refractivity contribution >= 4 is 11.4 Å². The summed E-state index contributed by atoms with van der Waals surface area (Å²) in [5, 5.41) is 25.0. The average molecular weight is 332 g/mol. The molecule has 2 atom stereocenters. The van der Waals surface area contributed by atoms with Crippen molar-refractivity contribution in [1.29, 1.82) is 0 Å². The van der Waals surface area contributed by atoms with E-state index < -0.39 is 11.0 Å². The van der Waals surface area contributed by atoms with E-state index >= 15 is 0 Å². The van der Waals surface area contributed by atoms with Crippen LogP contribution in [0.4, 0.5) is 11.4 Å². The summed E-state index contributed by atoms with van der Waals surface area (Å²) in [6.45, 7) is 0. The standard InChI is InChI=1S/C20H16N2O3/c23-20-18-8-4-2-6-16(18)15-5-1-3-7-17(15)19(20)21-13-9-11-14(12-10-13)22(24)25/h1-12,19-21,23H/t19-,20-/m0/s1. The molecule has 1 aliphatic rings. The summed E-state index contributed by atoms with van der Waals surface area (Å²) < 4.78 is 0. The van der Waals surface area contributed by atoms with Gasteiger partial charge in [0.15, 0.2) is 0 Å². The first-order valence-electron chi connectivity index (χ1n) is 8.02. The van der Waals surface area contributed by atoms with Gasteiger partial charge in [-0.2, -0.15) is 0 Å². The smallest absolute Gasteiger partial charge is 0.269 e. The molecule has 124 valence electrons. The zero-order chi connectivity index (χ0) is 17.4. The monoisotopic (exact) mass is 332 g/mol. The van der Waals surface area contributed by atoms with Crippen molar-refractivity contribution in [2.75, 3.05) is 5.32 Å². The lowest BCUT2D eigenvalue weighted by atomic mass is 9.80. The van der Waals surface area contributed by atoms with Gasteiger partial charge in [-0.05, 0) is 34.4 Å². The van der Waals surface area contributed by atoms with Crippen molar-refractivity contribution in [3.8, 4) is 11.1 Å². The fourth-order valence-electron chi connectivity index (χ4n) is 3.38. The molecular weight excluding hydrogens is 316 g/mol. The number of rotatable bonds is 3. The molecule has 0 aromatic heterocycles. The third kappa shape index (κ3) is 2.64. The highest BCUT2D eigenvalue weighted by molar-refractivity contribution is 5.75. The van der Waals surface area contributed by atoms with E-state index in [0.717, 1.165) is 27.9 Å². The predicted molar refractivity (Wildman–Crippen MR) is 96.3 cm³/mol. The van der Waals surface area contributed by atoms with Gasteiger partial charge in [-0.15, -0.1) is 0 Å². The fraction of sp³-hybridized carbons (Fsp3) is 0.100. The van der Waals surface area contributed by atoms with Crippen LogP contribution >= 0.6 is 0 Å². The van der Waals surface area contributed by atoms with Gasteiger partial charge < -0.3 is 10.4 Å². The van der Waals surface area contributed by atoms with Crippen LogP contribution in [0.15, 0.2) is 72.8 Å². The molecule has 3 aromatic carbocycles. The Hall–Kier alpha value is -3.18. The number of non-ortho nitro benzene ring substituents is 1. The molecule has 0 saturated heterocycles. The number of nitrogens with one attached hydrogen (secondary N) is 1. The SMILES string of the molecule is O=[N+]([O-])c1ccc(N[C@H]2c3ccccc3-c3ccccc3[C@@H]2O)cc1. The topological polar surface area (TPSA) is 75.4 Å². The molecule has 0 bridgehead atoms. The van der Waals surface area contributed by atoms with Crippen LogP contribution in [0, 0.1) is 10.1 Å². The Labute approximate surface area is 144 Å². The molecule has 3 aromatic rings. The van der Waals surface area contributed by atoms with E-state index in [4.69, 9.17) is 0 Å². The van der Waals surface area contributed by atoms with Gasteiger partial charge in [-0.3, -0.25) is 10.1 Å². The Balaban J connectivity index is 1.74. The molecule has 0 radical (unpaired) electrons. The summed E-state index contributed by atoms with van der Waals surface area (Å²) in [6, 6.07) is 21.7. The number of hydrogen-bond acceptors (Lipinski definition) is 4. The largest absolute Gasteiger partial charge is 0.386 e. The van der Waals surface area contributed by atoms with Gasteiger partial charge in [-0.25, -0.2) is 0 Å². The summed E-state index contributed by atoms with van der Waals surface area (Å²) in [4.78, 5) is 10.4. The van der Waals surface area contributed by atoms with Crippen LogP contribution in [0.1, 0.15) is 23.3 Å². The minimum Gasteiger partial charge on any atom is -0.386 e. The summed E-state index contributed by atoms with van der Waals surface area (Å²) in [5.74, 6) is 0. The summed E-state index contributed by atoms with van der Waals surface area (Å²) in [6.07, 6.45) is -0.707. The van der Waals surface area contributed by atoms with E-state index in [1.165, 1.54) is 12.1 Å². The first kappa shape index (κ1) is 15.4. The van der Waals surface area contributed by atoms with Crippen molar-refractivity contribution in [1.82, 2.24) is 0 Å². The summed E-state index contributed by atoms with van der Waals surface area (Å²) >= 11 is 0. The Bertz CT molecular complexity index is 938. The summed E-state index contributed by atoms with van der Waals surface area (Å²) in [5.41, 5.74) is 4.77. The lowest BCUT2D eigenvalue weighted by Gasteiger charge is -2.33. The average Bonchev–Trinajstić information content (AvgIpc) is 2.65. The molecule has 0 heterocycles. The van der Waals surface area contributed by atoms with E-state index in [0.29, 0.717) is 0 Å². The number of aliphatic hydroxyl groups excluding tert-OH is 1. The Morgan fingerprint density at radius 2 is 1.40 bits per heavy atom. The molecule has 4 rings (SSSR count). The molecule has 0 fully saturated rings. The van der Waals surface area contributed by atoms with Gasteiger partial charge in [0.2, 0.25) is 0 Å². The molecule has 5 nitrogen and oxygen atoms in total. The van der Waals surface area contributed by atoms with Crippen molar-refractivity contribution in [3.05, 3.63) is 94.0 Å². The Kier molecular flexibility index (Phi) is 3.71. The van der Waals surface area contributed by atoms with E-state index in [9.17, 15) is 15.2 Å². The highest BCUT2D eigenvalue weighted by Gasteiger charge is 2.32. The third-order valence-electron chi connectivity index (χ3n) is 4.58. The first-order chi connectivity index (χ1) is 12.1. The van der Waals surface area contributed by atoms with E-state index in [1.54, 1.807) is 12.1 Å². The zero-order valence-corrected chi connectivity index (χ0v) is 13.3. The lowest BCUT2D eigenvalue weighted by Crippen LogP contribution is -2.24. The summed E-state index contributed by atoms with van der Waals surface area (Å²) in [7, 11) is 0. The van der Waals surface area contributed by atoms with Crippen LogP contribution in [0.25, 0.3) is 11.1 Å².